The summed E-state index contributed by atoms with van der Waals surface area (Å²) in [6, 6.07) is 17.2. The van der Waals surface area contributed by atoms with Crippen molar-refractivity contribution in [3.8, 4) is 16.9 Å². The van der Waals surface area contributed by atoms with Crippen molar-refractivity contribution in [3.63, 3.8) is 0 Å². The molecule has 0 aliphatic carbocycles. The molecule has 6 heteroatoms. The highest BCUT2D eigenvalue weighted by Gasteiger charge is 2.08. The minimum Gasteiger partial charge on any atom is -0.348 e. The number of amides is 1. The molecule has 0 spiro atoms. The zero-order chi connectivity index (χ0) is 18.5. The average Bonchev–Trinajstić information content (AvgIpc) is 3.24. The number of carbonyl (C=O) groups excluding carboxylic acids is 1. The Morgan fingerprint density at radius 2 is 1.78 bits per heavy atom. The summed E-state index contributed by atoms with van der Waals surface area (Å²) in [5.74, 6) is -0.161. The molecule has 27 heavy (non-hydrogen) atoms. The van der Waals surface area contributed by atoms with Gasteiger partial charge in [0.15, 0.2) is 0 Å². The van der Waals surface area contributed by atoms with Crippen LogP contribution in [-0.2, 0) is 6.54 Å². The van der Waals surface area contributed by atoms with Gasteiger partial charge in [0.1, 0.15) is 0 Å². The van der Waals surface area contributed by atoms with Gasteiger partial charge in [0.2, 0.25) is 0 Å². The first-order valence-electron chi connectivity index (χ1n) is 8.53. The van der Waals surface area contributed by atoms with E-state index in [0.29, 0.717) is 12.1 Å². The van der Waals surface area contributed by atoms with Crippen molar-refractivity contribution in [1.29, 1.82) is 0 Å². The summed E-state index contributed by atoms with van der Waals surface area (Å²) in [7, 11) is 0. The molecule has 132 valence electrons. The Morgan fingerprint density at radius 1 is 0.963 bits per heavy atom. The number of benzene rings is 1. The second-order valence-electron chi connectivity index (χ2n) is 5.98. The predicted octanol–water partition coefficient (Wildman–Crippen LogP) is 3.26. The SMILES string of the molecule is O=C(NCc1ccncc1)c1ccc(-c2cnn(-c3ccccc3)c2)nc1. The van der Waals surface area contributed by atoms with Crippen LogP contribution in [0.2, 0.25) is 0 Å². The van der Waals surface area contributed by atoms with Crippen LogP contribution in [0.25, 0.3) is 16.9 Å². The smallest absolute Gasteiger partial charge is 0.253 e. The number of carbonyl (C=O) groups is 1. The number of hydrogen-bond acceptors (Lipinski definition) is 4. The molecule has 0 bridgehead atoms. The van der Waals surface area contributed by atoms with Gasteiger partial charge in [0, 0.05) is 36.9 Å². The highest BCUT2D eigenvalue weighted by molar-refractivity contribution is 5.94. The number of rotatable bonds is 5. The van der Waals surface area contributed by atoms with E-state index in [2.05, 4.69) is 20.4 Å². The highest BCUT2D eigenvalue weighted by Crippen LogP contribution is 2.18. The molecule has 0 fully saturated rings. The zero-order valence-corrected chi connectivity index (χ0v) is 14.5. The minimum atomic E-state index is -0.161. The third-order valence-corrected chi connectivity index (χ3v) is 4.13. The second-order valence-corrected chi connectivity index (χ2v) is 5.98. The van der Waals surface area contributed by atoms with Crippen LogP contribution in [0.4, 0.5) is 0 Å². The fourth-order valence-electron chi connectivity index (χ4n) is 2.66. The quantitative estimate of drug-likeness (QED) is 0.596. The van der Waals surface area contributed by atoms with Gasteiger partial charge >= 0.3 is 0 Å². The standard InChI is InChI=1S/C21H17N5O/c27-21(24-12-16-8-10-22-11-9-16)17-6-7-20(23-13-17)18-14-25-26(15-18)19-4-2-1-3-5-19/h1-11,13-15H,12H2,(H,24,27). The van der Waals surface area contributed by atoms with Crippen LogP contribution in [0, 0.1) is 0 Å². The summed E-state index contributed by atoms with van der Waals surface area (Å²) in [4.78, 5) is 20.6. The van der Waals surface area contributed by atoms with Gasteiger partial charge in [-0.05, 0) is 42.0 Å². The fraction of sp³-hybridized carbons (Fsp3) is 0.0476. The Bertz CT molecular complexity index is 1030. The van der Waals surface area contributed by atoms with E-state index in [1.54, 1.807) is 35.5 Å². The Kier molecular flexibility index (Phi) is 4.70. The van der Waals surface area contributed by atoms with Crippen molar-refractivity contribution < 1.29 is 4.79 Å². The lowest BCUT2D eigenvalue weighted by atomic mass is 10.2. The third-order valence-electron chi connectivity index (χ3n) is 4.13. The number of nitrogens with zero attached hydrogens (tertiary/aromatic N) is 4. The lowest BCUT2D eigenvalue weighted by Crippen LogP contribution is -2.22. The van der Waals surface area contributed by atoms with Crippen LogP contribution >= 0.6 is 0 Å². The van der Waals surface area contributed by atoms with Gasteiger partial charge in [-0.1, -0.05) is 18.2 Å². The maximum atomic E-state index is 12.3. The van der Waals surface area contributed by atoms with E-state index < -0.39 is 0 Å². The number of para-hydroxylation sites is 1. The van der Waals surface area contributed by atoms with E-state index in [-0.39, 0.29) is 5.91 Å². The Balaban J connectivity index is 1.44. The van der Waals surface area contributed by atoms with Gasteiger partial charge in [-0.3, -0.25) is 14.8 Å². The molecule has 4 aromatic rings. The molecule has 1 aromatic carbocycles. The second kappa shape index (κ2) is 7.61. The molecule has 0 aliphatic heterocycles. The van der Waals surface area contributed by atoms with Crippen molar-refractivity contribution in [2.24, 2.45) is 0 Å². The molecular weight excluding hydrogens is 338 g/mol. The van der Waals surface area contributed by atoms with Crippen molar-refractivity contribution in [2.45, 2.75) is 6.54 Å². The number of nitrogens with one attached hydrogen (secondary N) is 1. The summed E-state index contributed by atoms with van der Waals surface area (Å²) in [5, 5.41) is 7.25. The average molecular weight is 355 g/mol. The van der Waals surface area contributed by atoms with E-state index in [1.165, 1.54) is 0 Å². The topological polar surface area (TPSA) is 72.7 Å². The predicted molar refractivity (Wildman–Crippen MR) is 102 cm³/mol. The highest BCUT2D eigenvalue weighted by atomic mass is 16.1. The van der Waals surface area contributed by atoms with Crippen LogP contribution in [0.5, 0.6) is 0 Å². The lowest BCUT2D eigenvalue weighted by molar-refractivity contribution is 0.0950. The molecule has 1 amide bonds. The van der Waals surface area contributed by atoms with Crippen LogP contribution < -0.4 is 5.32 Å². The van der Waals surface area contributed by atoms with Crippen LogP contribution in [0.15, 0.2) is 85.6 Å². The molecule has 0 radical (unpaired) electrons. The molecule has 3 aromatic heterocycles. The Morgan fingerprint density at radius 3 is 2.52 bits per heavy atom. The minimum absolute atomic E-state index is 0.161. The molecule has 1 N–H and O–H groups in total. The van der Waals surface area contributed by atoms with Crippen molar-refractivity contribution in [2.75, 3.05) is 0 Å². The normalized spacial score (nSPS) is 10.5. The largest absolute Gasteiger partial charge is 0.348 e. The Labute approximate surface area is 156 Å². The van der Waals surface area contributed by atoms with Crippen LogP contribution in [-0.4, -0.2) is 25.7 Å². The third kappa shape index (κ3) is 3.90. The lowest BCUT2D eigenvalue weighted by Gasteiger charge is -2.05. The van der Waals surface area contributed by atoms with E-state index >= 15 is 0 Å². The van der Waals surface area contributed by atoms with E-state index in [9.17, 15) is 4.79 Å². The van der Waals surface area contributed by atoms with Gasteiger partial charge in [0.05, 0.1) is 23.1 Å². The van der Waals surface area contributed by atoms with E-state index in [0.717, 1.165) is 22.5 Å². The van der Waals surface area contributed by atoms with E-state index in [4.69, 9.17) is 0 Å². The fourth-order valence-corrected chi connectivity index (χ4v) is 2.66. The number of hydrogen-bond donors (Lipinski definition) is 1. The van der Waals surface area contributed by atoms with Gasteiger partial charge in [-0.2, -0.15) is 5.10 Å². The van der Waals surface area contributed by atoms with Crippen LogP contribution in [0.1, 0.15) is 15.9 Å². The molecule has 0 saturated heterocycles. The first kappa shape index (κ1) is 16.7. The summed E-state index contributed by atoms with van der Waals surface area (Å²) < 4.78 is 1.80. The first-order valence-corrected chi connectivity index (χ1v) is 8.53. The molecular formula is C21H17N5O. The first-order chi connectivity index (χ1) is 13.3. The molecule has 3 heterocycles. The van der Waals surface area contributed by atoms with Crippen molar-refractivity contribution >= 4 is 5.91 Å². The summed E-state index contributed by atoms with van der Waals surface area (Å²) in [5.41, 5.74) is 4.15. The summed E-state index contributed by atoms with van der Waals surface area (Å²) in [6.45, 7) is 0.451. The molecule has 6 nitrogen and oxygen atoms in total. The van der Waals surface area contributed by atoms with Crippen molar-refractivity contribution in [1.82, 2.24) is 25.1 Å². The molecule has 0 atom stereocenters. The molecule has 0 saturated carbocycles. The van der Waals surface area contributed by atoms with E-state index in [1.807, 2.05) is 54.7 Å². The maximum absolute atomic E-state index is 12.3. The number of aromatic nitrogens is 4. The molecule has 4 rings (SSSR count). The van der Waals surface area contributed by atoms with Crippen molar-refractivity contribution in [3.05, 3.63) is 96.7 Å². The molecule has 0 unspecified atom stereocenters. The van der Waals surface area contributed by atoms with Gasteiger partial charge in [-0.25, -0.2) is 4.68 Å². The zero-order valence-electron chi connectivity index (χ0n) is 14.5. The monoisotopic (exact) mass is 355 g/mol. The summed E-state index contributed by atoms with van der Waals surface area (Å²) in [6.07, 6.45) is 8.66. The van der Waals surface area contributed by atoms with Gasteiger partial charge in [0.25, 0.3) is 5.91 Å². The number of pyridine rings is 2. The maximum Gasteiger partial charge on any atom is 0.253 e. The molecule has 0 aliphatic rings. The van der Waals surface area contributed by atoms with Gasteiger partial charge in [-0.15, -0.1) is 0 Å². The van der Waals surface area contributed by atoms with Gasteiger partial charge < -0.3 is 5.32 Å². The summed E-state index contributed by atoms with van der Waals surface area (Å²) >= 11 is 0. The van der Waals surface area contributed by atoms with Crippen LogP contribution in [0.3, 0.4) is 0 Å². The Hall–Kier alpha value is -3.80.